The molecule has 6 nitrogen and oxygen atoms in total. The largest absolute Gasteiger partial charge is 0.492 e. The van der Waals surface area contributed by atoms with Gasteiger partial charge in [0.1, 0.15) is 23.3 Å². The molecule has 0 saturated carbocycles. The second-order valence-corrected chi connectivity index (χ2v) is 8.06. The zero-order valence-electron chi connectivity index (χ0n) is 19.3. The lowest BCUT2D eigenvalue weighted by molar-refractivity contribution is 0.0950. The Morgan fingerprint density at radius 2 is 1.85 bits per heavy atom. The predicted octanol–water partition coefficient (Wildman–Crippen LogP) is 4.68. The topological polar surface area (TPSA) is 59.4 Å². The lowest BCUT2D eigenvalue weighted by Gasteiger charge is -2.19. The molecule has 8 heteroatoms. The van der Waals surface area contributed by atoms with E-state index in [1.807, 2.05) is 24.3 Å². The fraction of sp³-hybridized carbons (Fsp3) is 0.360. The van der Waals surface area contributed by atoms with Crippen LogP contribution in [0.4, 0.5) is 4.39 Å². The van der Waals surface area contributed by atoms with Gasteiger partial charge in [0.15, 0.2) is 0 Å². The van der Waals surface area contributed by atoms with Gasteiger partial charge >= 0.3 is 0 Å². The zero-order chi connectivity index (χ0) is 23.8. The molecule has 3 aromatic rings. The van der Waals surface area contributed by atoms with E-state index in [9.17, 15) is 9.18 Å². The molecule has 0 aliphatic rings. The highest BCUT2D eigenvalue weighted by Gasteiger charge is 2.20. The van der Waals surface area contributed by atoms with Crippen LogP contribution in [0, 0.1) is 12.7 Å². The number of ether oxygens (including phenoxy) is 1. The molecule has 0 bridgehead atoms. The highest BCUT2D eigenvalue weighted by molar-refractivity contribution is 6.33. The number of aromatic nitrogens is 2. The molecular weight excluding hydrogens is 443 g/mol. The van der Waals surface area contributed by atoms with Gasteiger partial charge in [0, 0.05) is 18.7 Å². The number of hydrogen-bond donors (Lipinski definition) is 1. The van der Waals surface area contributed by atoms with Crippen molar-refractivity contribution < 1.29 is 13.9 Å². The lowest BCUT2D eigenvalue weighted by atomic mass is 10.2. The SMILES string of the molecule is CCN(CC)CCOc1ccccc1CNC(=O)c1c(C)nn(Cc2ccc(F)cc2)c1Cl. The van der Waals surface area contributed by atoms with Crippen LogP contribution in [-0.2, 0) is 13.1 Å². The number of amides is 1. The third-order valence-corrected chi connectivity index (χ3v) is 5.89. The number of aryl methyl sites for hydroxylation is 1. The summed E-state index contributed by atoms with van der Waals surface area (Å²) in [6.07, 6.45) is 0. The van der Waals surface area contributed by atoms with E-state index >= 15 is 0 Å². The van der Waals surface area contributed by atoms with E-state index in [1.54, 1.807) is 23.7 Å². The maximum Gasteiger partial charge on any atom is 0.256 e. The minimum Gasteiger partial charge on any atom is -0.492 e. The molecule has 0 atom stereocenters. The number of carbonyl (C=O) groups excluding carboxylic acids is 1. The number of benzene rings is 2. The van der Waals surface area contributed by atoms with Crippen LogP contribution in [0.1, 0.15) is 41.0 Å². The summed E-state index contributed by atoms with van der Waals surface area (Å²) in [6.45, 7) is 10.0. The van der Waals surface area contributed by atoms with Gasteiger partial charge in [-0.25, -0.2) is 9.07 Å². The number of hydrogen-bond acceptors (Lipinski definition) is 4. The highest BCUT2D eigenvalue weighted by atomic mass is 35.5. The minimum atomic E-state index is -0.307. The average molecular weight is 473 g/mol. The van der Waals surface area contributed by atoms with Gasteiger partial charge in [-0.05, 0) is 43.8 Å². The van der Waals surface area contributed by atoms with E-state index in [0.29, 0.717) is 31.0 Å². The van der Waals surface area contributed by atoms with Gasteiger partial charge in [0.05, 0.1) is 17.8 Å². The molecule has 0 spiro atoms. The number of nitrogens with one attached hydrogen (secondary N) is 1. The van der Waals surface area contributed by atoms with E-state index in [-0.39, 0.29) is 16.9 Å². The normalized spacial score (nSPS) is 11.1. The van der Waals surface area contributed by atoms with Gasteiger partial charge < -0.3 is 15.0 Å². The summed E-state index contributed by atoms with van der Waals surface area (Å²) in [5.41, 5.74) is 2.59. The summed E-state index contributed by atoms with van der Waals surface area (Å²) in [4.78, 5) is 15.2. The first kappa shape index (κ1) is 24.7. The molecule has 3 rings (SSSR count). The minimum absolute atomic E-state index is 0.248. The molecule has 0 aliphatic carbocycles. The number of halogens is 2. The average Bonchev–Trinajstić information content (AvgIpc) is 3.10. The first-order valence-corrected chi connectivity index (χ1v) is 11.5. The van der Waals surface area contributed by atoms with Crippen molar-refractivity contribution in [1.82, 2.24) is 20.0 Å². The maximum atomic E-state index is 13.2. The van der Waals surface area contributed by atoms with Gasteiger partial charge in [-0.3, -0.25) is 4.79 Å². The highest BCUT2D eigenvalue weighted by Crippen LogP contribution is 2.22. The Labute approximate surface area is 199 Å². The van der Waals surface area contributed by atoms with Crippen molar-refractivity contribution in [3.63, 3.8) is 0 Å². The molecule has 1 N–H and O–H groups in total. The molecule has 1 aromatic heterocycles. The van der Waals surface area contributed by atoms with Crippen molar-refractivity contribution in [2.75, 3.05) is 26.2 Å². The molecule has 1 amide bonds. The van der Waals surface area contributed by atoms with Gasteiger partial charge in [-0.1, -0.05) is 55.8 Å². The van der Waals surface area contributed by atoms with Crippen LogP contribution in [0.15, 0.2) is 48.5 Å². The fourth-order valence-corrected chi connectivity index (χ4v) is 3.88. The Kier molecular flexibility index (Phi) is 8.86. The van der Waals surface area contributed by atoms with E-state index in [2.05, 4.69) is 29.2 Å². The summed E-state index contributed by atoms with van der Waals surface area (Å²) < 4.78 is 20.7. The molecule has 1 heterocycles. The van der Waals surface area contributed by atoms with E-state index < -0.39 is 0 Å². The van der Waals surface area contributed by atoms with Crippen LogP contribution in [0.5, 0.6) is 5.75 Å². The second kappa shape index (κ2) is 11.8. The molecule has 0 saturated heterocycles. The van der Waals surface area contributed by atoms with Gasteiger partial charge in [0.2, 0.25) is 0 Å². The predicted molar refractivity (Wildman–Crippen MR) is 128 cm³/mol. The molecule has 176 valence electrons. The smallest absolute Gasteiger partial charge is 0.256 e. The summed E-state index contributed by atoms with van der Waals surface area (Å²) in [6, 6.07) is 13.8. The molecule has 0 unspecified atom stereocenters. The Morgan fingerprint density at radius 3 is 2.55 bits per heavy atom. The van der Waals surface area contributed by atoms with Crippen LogP contribution in [0.2, 0.25) is 5.15 Å². The molecule has 0 fully saturated rings. The van der Waals surface area contributed by atoms with Crippen molar-refractivity contribution in [2.45, 2.75) is 33.9 Å². The molecular formula is C25H30ClFN4O2. The number of likely N-dealkylation sites (N-methyl/N-ethyl adjacent to an activating group) is 1. The van der Waals surface area contributed by atoms with Crippen LogP contribution in [-0.4, -0.2) is 46.8 Å². The Hall–Kier alpha value is -2.90. The van der Waals surface area contributed by atoms with Gasteiger partial charge in [0.25, 0.3) is 5.91 Å². The summed E-state index contributed by atoms with van der Waals surface area (Å²) >= 11 is 6.48. The lowest BCUT2D eigenvalue weighted by Crippen LogP contribution is -2.28. The molecule has 2 aromatic carbocycles. The second-order valence-electron chi connectivity index (χ2n) is 7.70. The van der Waals surface area contributed by atoms with Crippen molar-refractivity contribution >= 4 is 17.5 Å². The maximum absolute atomic E-state index is 13.2. The summed E-state index contributed by atoms with van der Waals surface area (Å²) in [5.74, 6) is 0.138. The number of carbonyl (C=O) groups is 1. The first-order chi connectivity index (χ1) is 15.9. The van der Waals surface area contributed by atoms with Gasteiger partial charge in [-0.15, -0.1) is 0 Å². The molecule has 0 aliphatic heterocycles. The fourth-order valence-electron chi connectivity index (χ4n) is 3.56. The molecule has 33 heavy (non-hydrogen) atoms. The number of rotatable bonds is 11. The number of nitrogens with zero attached hydrogens (tertiary/aromatic N) is 3. The van der Waals surface area contributed by atoms with Crippen molar-refractivity contribution in [1.29, 1.82) is 0 Å². The third kappa shape index (κ3) is 6.55. The van der Waals surface area contributed by atoms with Crippen molar-refractivity contribution in [3.8, 4) is 5.75 Å². The van der Waals surface area contributed by atoms with Crippen LogP contribution in [0.3, 0.4) is 0 Å². The van der Waals surface area contributed by atoms with E-state index in [1.165, 1.54) is 12.1 Å². The Morgan fingerprint density at radius 1 is 1.15 bits per heavy atom. The summed E-state index contributed by atoms with van der Waals surface area (Å²) in [7, 11) is 0. The summed E-state index contributed by atoms with van der Waals surface area (Å²) in [5, 5.41) is 7.57. The molecule has 0 radical (unpaired) electrons. The zero-order valence-corrected chi connectivity index (χ0v) is 20.0. The standard InChI is InChI=1S/C25H30ClFN4O2/c1-4-30(5-2)14-15-33-22-9-7-6-8-20(22)16-28-25(32)23-18(3)29-31(24(23)26)17-19-10-12-21(27)13-11-19/h6-13H,4-5,14-17H2,1-3H3,(H,28,32). The van der Waals surface area contributed by atoms with Crippen LogP contribution >= 0.6 is 11.6 Å². The van der Waals surface area contributed by atoms with Crippen molar-refractivity contribution in [3.05, 3.63) is 81.9 Å². The Bertz CT molecular complexity index is 1060. The van der Waals surface area contributed by atoms with Crippen LogP contribution < -0.4 is 10.1 Å². The van der Waals surface area contributed by atoms with Crippen molar-refractivity contribution in [2.24, 2.45) is 0 Å². The van der Waals surface area contributed by atoms with E-state index in [0.717, 1.165) is 36.5 Å². The quantitative estimate of drug-likeness (QED) is 0.440. The van der Waals surface area contributed by atoms with E-state index in [4.69, 9.17) is 16.3 Å². The number of para-hydroxylation sites is 1. The Balaban J connectivity index is 1.64. The van der Waals surface area contributed by atoms with Crippen LogP contribution in [0.25, 0.3) is 0 Å². The first-order valence-electron chi connectivity index (χ1n) is 11.1. The van der Waals surface area contributed by atoms with Gasteiger partial charge in [-0.2, -0.15) is 5.10 Å². The monoisotopic (exact) mass is 472 g/mol. The third-order valence-electron chi connectivity index (χ3n) is 5.51.